The standard InChI is InChI=1S/C20H17ClN2O/c21-15-5-7-16(8-6-15)23-17-9-10-18(19(24)11-17)20(23)14-3-1-13(12-22)2-4-14/h1-8,17-18,20H,9-11H2/t17-,18+,20-/m0/s1. The smallest absolute Gasteiger partial charge is 0.140 e. The average molecular weight is 337 g/mol. The van der Waals surface area contributed by atoms with Crippen LogP contribution in [-0.4, -0.2) is 11.8 Å². The number of carbonyl (C=O) groups excluding carboxylic acids is 1. The Labute approximate surface area is 146 Å². The Kier molecular flexibility index (Phi) is 3.78. The number of hydrogen-bond donors (Lipinski definition) is 0. The van der Waals surface area contributed by atoms with Crippen molar-refractivity contribution < 1.29 is 4.79 Å². The molecule has 2 aliphatic heterocycles. The van der Waals surface area contributed by atoms with E-state index in [1.54, 1.807) is 0 Å². The van der Waals surface area contributed by atoms with Gasteiger partial charge in [-0.05, 0) is 54.8 Å². The normalized spacial score (nSPS) is 25.6. The molecule has 0 aromatic heterocycles. The van der Waals surface area contributed by atoms with E-state index in [4.69, 9.17) is 16.9 Å². The predicted molar refractivity (Wildman–Crippen MR) is 94.0 cm³/mol. The number of halogens is 1. The summed E-state index contributed by atoms with van der Waals surface area (Å²) in [5.41, 5.74) is 2.85. The summed E-state index contributed by atoms with van der Waals surface area (Å²) in [7, 11) is 0. The summed E-state index contributed by atoms with van der Waals surface area (Å²) in [6.45, 7) is 0. The highest BCUT2D eigenvalue weighted by Gasteiger charge is 2.47. The lowest BCUT2D eigenvalue weighted by atomic mass is 9.71. The highest BCUT2D eigenvalue weighted by Crippen LogP contribution is 2.47. The fourth-order valence-electron chi connectivity index (χ4n) is 4.14. The van der Waals surface area contributed by atoms with E-state index in [0.717, 1.165) is 24.1 Å². The summed E-state index contributed by atoms with van der Waals surface area (Å²) >= 11 is 6.04. The number of rotatable bonds is 2. The quantitative estimate of drug-likeness (QED) is 0.810. The molecular formula is C20H17ClN2O. The molecule has 1 aliphatic carbocycles. The second-order valence-electron chi connectivity index (χ2n) is 6.57. The van der Waals surface area contributed by atoms with Crippen LogP contribution in [-0.2, 0) is 4.79 Å². The number of piperidine rings is 2. The van der Waals surface area contributed by atoms with E-state index in [1.165, 1.54) is 0 Å². The number of benzene rings is 2. The van der Waals surface area contributed by atoms with Gasteiger partial charge in [0.05, 0.1) is 17.7 Å². The van der Waals surface area contributed by atoms with Gasteiger partial charge in [-0.25, -0.2) is 0 Å². The number of anilines is 1. The summed E-state index contributed by atoms with van der Waals surface area (Å²) < 4.78 is 0. The van der Waals surface area contributed by atoms with Crippen LogP contribution in [0.4, 0.5) is 5.69 Å². The zero-order valence-electron chi connectivity index (χ0n) is 13.2. The van der Waals surface area contributed by atoms with Crippen molar-refractivity contribution in [2.75, 3.05) is 4.90 Å². The molecule has 5 rings (SSSR count). The van der Waals surface area contributed by atoms with Gasteiger partial charge < -0.3 is 4.90 Å². The van der Waals surface area contributed by atoms with Crippen molar-refractivity contribution in [2.45, 2.75) is 31.3 Å². The summed E-state index contributed by atoms with van der Waals surface area (Å²) in [4.78, 5) is 14.9. The van der Waals surface area contributed by atoms with Crippen molar-refractivity contribution >= 4 is 23.1 Å². The van der Waals surface area contributed by atoms with E-state index >= 15 is 0 Å². The molecule has 3 fully saturated rings. The number of carbonyl (C=O) groups is 1. The maximum Gasteiger partial charge on any atom is 0.140 e. The summed E-state index contributed by atoms with van der Waals surface area (Å²) in [6, 6.07) is 17.9. The van der Waals surface area contributed by atoms with E-state index in [-0.39, 0.29) is 18.0 Å². The van der Waals surface area contributed by atoms with Gasteiger partial charge in [-0.3, -0.25) is 4.79 Å². The molecule has 0 spiro atoms. The van der Waals surface area contributed by atoms with Crippen LogP contribution in [0.5, 0.6) is 0 Å². The Morgan fingerprint density at radius 1 is 1.04 bits per heavy atom. The molecular weight excluding hydrogens is 320 g/mol. The van der Waals surface area contributed by atoms with Gasteiger partial charge in [-0.1, -0.05) is 23.7 Å². The molecule has 2 aromatic rings. The Hall–Kier alpha value is -2.31. The fraction of sp³-hybridized carbons (Fsp3) is 0.300. The lowest BCUT2D eigenvalue weighted by molar-refractivity contribution is -0.128. The zero-order chi connectivity index (χ0) is 16.7. The number of hydrogen-bond acceptors (Lipinski definition) is 3. The van der Waals surface area contributed by atoms with Crippen molar-refractivity contribution in [3.8, 4) is 6.07 Å². The molecule has 3 atom stereocenters. The van der Waals surface area contributed by atoms with E-state index < -0.39 is 0 Å². The van der Waals surface area contributed by atoms with Gasteiger partial charge in [0.2, 0.25) is 0 Å². The van der Waals surface area contributed by atoms with Crippen LogP contribution in [0, 0.1) is 17.2 Å². The lowest BCUT2D eigenvalue weighted by Crippen LogP contribution is -2.54. The average Bonchev–Trinajstić information content (AvgIpc) is 2.62. The van der Waals surface area contributed by atoms with E-state index in [2.05, 4.69) is 11.0 Å². The number of nitriles is 1. The van der Waals surface area contributed by atoms with Crippen LogP contribution in [0.2, 0.25) is 5.02 Å². The highest BCUT2D eigenvalue weighted by molar-refractivity contribution is 6.30. The van der Waals surface area contributed by atoms with Gasteiger partial charge in [-0.2, -0.15) is 5.26 Å². The largest absolute Gasteiger partial charge is 0.360 e. The minimum absolute atomic E-state index is 0.0265. The van der Waals surface area contributed by atoms with Crippen LogP contribution in [0.3, 0.4) is 0 Å². The molecule has 3 aliphatic rings. The third-order valence-corrected chi connectivity index (χ3v) is 5.49. The van der Waals surface area contributed by atoms with Gasteiger partial charge in [0.1, 0.15) is 5.78 Å². The predicted octanol–water partition coefficient (Wildman–Crippen LogP) is 4.51. The zero-order valence-corrected chi connectivity index (χ0v) is 13.9. The van der Waals surface area contributed by atoms with Crippen molar-refractivity contribution in [3.05, 3.63) is 64.7 Å². The molecule has 2 saturated heterocycles. The van der Waals surface area contributed by atoms with Crippen LogP contribution in [0.25, 0.3) is 0 Å². The Morgan fingerprint density at radius 3 is 2.38 bits per heavy atom. The molecule has 2 aromatic carbocycles. The molecule has 0 unspecified atom stereocenters. The molecule has 0 amide bonds. The highest BCUT2D eigenvalue weighted by atomic mass is 35.5. The maximum atomic E-state index is 12.5. The number of fused-ring (bicyclic) bond motifs is 3. The van der Waals surface area contributed by atoms with E-state index in [1.807, 2.05) is 48.5 Å². The van der Waals surface area contributed by atoms with Crippen molar-refractivity contribution in [1.29, 1.82) is 5.26 Å². The Morgan fingerprint density at radius 2 is 1.75 bits per heavy atom. The molecule has 1 saturated carbocycles. The van der Waals surface area contributed by atoms with Crippen molar-refractivity contribution in [2.24, 2.45) is 5.92 Å². The number of nitrogens with zero attached hydrogens (tertiary/aromatic N) is 2. The summed E-state index contributed by atoms with van der Waals surface area (Å²) in [5.74, 6) is 0.393. The summed E-state index contributed by atoms with van der Waals surface area (Å²) in [5, 5.41) is 9.73. The van der Waals surface area contributed by atoms with Gasteiger partial charge >= 0.3 is 0 Å². The summed E-state index contributed by atoms with van der Waals surface area (Å²) in [6.07, 6.45) is 2.62. The third-order valence-electron chi connectivity index (χ3n) is 5.24. The van der Waals surface area contributed by atoms with Gasteiger partial charge in [0.25, 0.3) is 0 Å². The Bertz CT molecular complexity index is 807. The number of ketones is 1. The Balaban J connectivity index is 1.78. The second-order valence-corrected chi connectivity index (χ2v) is 7.01. The van der Waals surface area contributed by atoms with Crippen molar-refractivity contribution in [3.63, 3.8) is 0 Å². The first-order chi connectivity index (χ1) is 11.7. The van der Waals surface area contributed by atoms with E-state index in [0.29, 0.717) is 22.8 Å². The van der Waals surface area contributed by atoms with Crippen LogP contribution in [0.1, 0.15) is 36.4 Å². The van der Waals surface area contributed by atoms with Crippen molar-refractivity contribution in [1.82, 2.24) is 0 Å². The molecule has 4 heteroatoms. The topological polar surface area (TPSA) is 44.1 Å². The van der Waals surface area contributed by atoms with Gasteiger partial charge in [0, 0.05) is 29.1 Å². The second kappa shape index (κ2) is 5.96. The molecule has 2 heterocycles. The monoisotopic (exact) mass is 336 g/mol. The molecule has 24 heavy (non-hydrogen) atoms. The van der Waals surface area contributed by atoms with Gasteiger partial charge in [0.15, 0.2) is 0 Å². The maximum absolute atomic E-state index is 12.5. The minimum atomic E-state index is 0.0265. The molecule has 120 valence electrons. The molecule has 2 bridgehead atoms. The first-order valence-corrected chi connectivity index (χ1v) is 8.62. The molecule has 0 radical (unpaired) electrons. The molecule has 0 N–H and O–H groups in total. The van der Waals surface area contributed by atoms with Gasteiger partial charge in [-0.15, -0.1) is 0 Å². The SMILES string of the molecule is N#Cc1ccc([C@H]2[C@@H]3CC[C@@H](CC3=O)N2c2ccc(Cl)cc2)cc1. The first-order valence-electron chi connectivity index (χ1n) is 8.24. The first kappa shape index (κ1) is 15.2. The third kappa shape index (κ3) is 2.48. The van der Waals surface area contributed by atoms with Crippen LogP contribution >= 0.6 is 11.6 Å². The molecule has 3 nitrogen and oxygen atoms in total. The van der Waals surface area contributed by atoms with Crippen LogP contribution in [0.15, 0.2) is 48.5 Å². The lowest BCUT2D eigenvalue weighted by Gasteiger charge is -2.52. The van der Waals surface area contributed by atoms with Crippen LogP contribution < -0.4 is 4.90 Å². The number of Topliss-reactive ketones (excluding diaryl/α,β-unsaturated/α-hetero) is 1. The fourth-order valence-corrected chi connectivity index (χ4v) is 4.27. The minimum Gasteiger partial charge on any atom is -0.360 e. The van der Waals surface area contributed by atoms with E-state index in [9.17, 15) is 4.79 Å².